The summed E-state index contributed by atoms with van der Waals surface area (Å²) in [4.78, 5) is 7.21. The highest BCUT2D eigenvalue weighted by molar-refractivity contribution is 5.14. The number of pyridine rings is 1. The molecule has 0 aromatic carbocycles. The molecular formula is C18H31N3. The lowest BCUT2D eigenvalue weighted by atomic mass is 10.2. The molecule has 1 aliphatic rings. The first-order chi connectivity index (χ1) is 10.2. The summed E-state index contributed by atoms with van der Waals surface area (Å²) in [5.41, 5.74) is 2.49. The largest absolute Gasteiger partial charge is 0.312 e. The molecular weight excluding hydrogens is 258 g/mol. The van der Waals surface area contributed by atoms with Gasteiger partial charge in [-0.25, -0.2) is 0 Å². The Morgan fingerprint density at radius 3 is 2.71 bits per heavy atom. The van der Waals surface area contributed by atoms with Crippen LogP contribution < -0.4 is 5.32 Å². The fraction of sp³-hybridized carbons (Fsp3) is 0.722. The van der Waals surface area contributed by atoms with Gasteiger partial charge in [-0.15, -0.1) is 0 Å². The fourth-order valence-electron chi connectivity index (χ4n) is 2.60. The molecule has 3 nitrogen and oxygen atoms in total. The van der Waals surface area contributed by atoms with E-state index >= 15 is 0 Å². The van der Waals surface area contributed by atoms with Crippen LogP contribution in [0.25, 0.3) is 0 Å². The van der Waals surface area contributed by atoms with Crippen LogP contribution in [0.1, 0.15) is 51.3 Å². The minimum atomic E-state index is 0.697. The van der Waals surface area contributed by atoms with Crippen LogP contribution in [0, 0.1) is 11.8 Å². The van der Waals surface area contributed by atoms with Gasteiger partial charge in [-0.3, -0.25) is 9.88 Å². The van der Waals surface area contributed by atoms with Gasteiger partial charge in [0.2, 0.25) is 0 Å². The summed E-state index contributed by atoms with van der Waals surface area (Å²) < 4.78 is 0. The number of aromatic nitrogens is 1. The van der Waals surface area contributed by atoms with E-state index in [-0.39, 0.29) is 0 Å². The molecule has 0 atom stereocenters. The number of hydrogen-bond acceptors (Lipinski definition) is 3. The van der Waals surface area contributed by atoms with Crippen LogP contribution in [-0.4, -0.2) is 29.5 Å². The molecule has 0 bridgehead atoms. The van der Waals surface area contributed by atoms with Crippen LogP contribution in [0.3, 0.4) is 0 Å². The quantitative estimate of drug-likeness (QED) is 0.715. The van der Waals surface area contributed by atoms with E-state index in [1.165, 1.54) is 43.6 Å². The maximum atomic E-state index is 4.64. The highest BCUT2D eigenvalue weighted by Crippen LogP contribution is 2.30. The van der Waals surface area contributed by atoms with Crippen molar-refractivity contribution in [2.75, 3.05) is 19.6 Å². The van der Waals surface area contributed by atoms with E-state index in [4.69, 9.17) is 0 Å². The predicted octanol–water partition coefficient (Wildman–Crippen LogP) is 3.45. The van der Waals surface area contributed by atoms with Crippen molar-refractivity contribution in [1.29, 1.82) is 0 Å². The van der Waals surface area contributed by atoms with Gasteiger partial charge in [-0.05, 0) is 55.8 Å². The van der Waals surface area contributed by atoms with Crippen molar-refractivity contribution in [3.8, 4) is 0 Å². The third-order valence-electron chi connectivity index (χ3n) is 3.91. The zero-order chi connectivity index (χ0) is 15.1. The average Bonchev–Trinajstić information content (AvgIpc) is 3.24. The lowest BCUT2D eigenvalue weighted by Crippen LogP contribution is -2.27. The van der Waals surface area contributed by atoms with Crippen molar-refractivity contribution in [3.05, 3.63) is 29.6 Å². The molecule has 1 fully saturated rings. The van der Waals surface area contributed by atoms with Crippen molar-refractivity contribution in [3.63, 3.8) is 0 Å². The van der Waals surface area contributed by atoms with Gasteiger partial charge in [0.05, 0.1) is 5.69 Å². The van der Waals surface area contributed by atoms with E-state index in [1.54, 1.807) is 0 Å². The minimum absolute atomic E-state index is 0.697. The normalized spacial score (nSPS) is 15.1. The maximum absolute atomic E-state index is 4.64. The molecule has 1 N–H and O–H groups in total. The molecule has 21 heavy (non-hydrogen) atoms. The Hall–Kier alpha value is -0.930. The first-order valence-electron chi connectivity index (χ1n) is 8.54. The minimum Gasteiger partial charge on any atom is -0.312 e. The lowest BCUT2D eigenvalue weighted by Gasteiger charge is -2.21. The van der Waals surface area contributed by atoms with E-state index in [2.05, 4.69) is 48.1 Å². The maximum Gasteiger partial charge on any atom is 0.0544 e. The van der Waals surface area contributed by atoms with Crippen LogP contribution in [0.5, 0.6) is 0 Å². The van der Waals surface area contributed by atoms with E-state index in [0.29, 0.717) is 5.92 Å². The summed E-state index contributed by atoms with van der Waals surface area (Å²) in [6.07, 6.45) is 6.11. The third-order valence-corrected chi connectivity index (χ3v) is 3.91. The van der Waals surface area contributed by atoms with E-state index in [0.717, 1.165) is 25.6 Å². The van der Waals surface area contributed by atoms with E-state index in [1.807, 2.05) is 6.20 Å². The average molecular weight is 289 g/mol. The van der Waals surface area contributed by atoms with Gasteiger partial charge in [0.15, 0.2) is 0 Å². The van der Waals surface area contributed by atoms with Gasteiger partial charge in [0.1, 0.15) is 0 Å². The van der Waals surface area contributed by atoms with Crippen LogP contribution in [-0.2, 0) is 13.1 Å². The first-order valence-corrected chi connectivity index (χ1v) is 8.54. The topological polar surface area (TPSA) is 28.2 Å². The molecule has 2 rings (SSSR count). The van der Waals surface area contributed by atoms with Crippen LogP contribution in [0.15, 0.2) is 18.3 Å². The van der Waals surface area contributed by atoms with Gasteiger partial charge in [0, 0.05) is 25.8 Å². The monoisotopic (exact) mass is 289 g/mol. The molecule has 1 heterocycles. The van der Waals surface area contributed by atoms with Gasteiger partial charge in [0.25, 0.3) is 0 Å². The molecule has 0 radical (unpaired) electrons. The number of hydrogen-bond donors (Lipinski definition) is 1. The summed E-state index contributed by atoms with van der Waals surface area (Å²) in [5.74, 6) is 1.65. The SMILES string of the molecule is CCCN(Cc1ccc(CNCC(C)C)cn1)CC1CC1. The Balaban J connectivity index is 1.79. The smallest absolute Gasteiger partial charge is 0.0544 e. The van der Waals surface area contributed by atoms with Gasteiger partial charge >= 0.3 is 0 Å². The lowest BCUT2D eigenvalue weighted by molar-refractivity contribution is 0.252. The summed E-state index contributed by atoms with van der Waals surface area (Å²) in [6, 6.07) is 4.42. The molecule has 118 valence electrons. The zero-order valence-electron chi connectivity index (χ0n) is 13.9. The summed E-state index contributed by atoms with van der Waals surface area (Å²) in [5, 5.41) is 3.47. The van der Waals surface area contributed by atoms with Crippen molar-refractivity contribution in [1.82, 2.24) is 15.2 Å². The highest BCUT2D eigenvalue weighted by Gasteiger charge is 2.24. The molecule has 0 spiro atoms. The summed E-state index contributed by atoms with van der Waals surface area (Å²) in [7, 11) is 0. The third kappa shape index (κ3) is 6.58. The van der Waals surface area contributed by atoms with E-state index in [9.17, 15) is 0 Å². The Bertz CT molecular complexity index is 395. The number of rotatable bonds is 10. The molecule has 0 saturated heterocycles. The van der Waals surface area contributed by atoms with Crippen LogP contribution in [0.2, 0.25) is 0 Å². The molecule has 1 aromatic heterocycles. The van der Waals surface area contributed by atoms with Crippen molar-refractivity contribution < 1.29 is 0 Å². The zero-order valence-corrected chi connectivity index (χ0v) is 13.9. The Labute approximate surface area is 130 Å². The van der Waals surface area contributed by atoms with Gasteiger partial charge in [-0.2, -0.15) is 0 Å². The van der Waals surface area contributed by atoms with Gasteiger partial charge in [-0.1, -0.05) is 26.8 Å². The molecule has 3 heteroatoms. The van der Waals surface area contributed by atoms with Crippen LogP contribution in [0.4, 0.5) is 0 Å². The van der Waals surface area contributed by atoms with Gasteiger partial charge < -0.3 is 5.32 Å². The van der Waals surface area contributed by atoms with Crippen molar-refractivity contribution in [2.24, 2.45) is 11.8 Å². The Kier molecular flexibility index (Phi) is 6.65. The second-order valence-corrected chi connectivity index (χ2v) is 6.86. The second kappa shape index (κ2) is 8.50. The number of nitrogens with one attached hydrogen (secondary N) is 1. The highest BCUT2D eigenvalue weighted by atomic mass is 15.1. The first kappa shape index (κ1) is 16.4. The standard InChI is InChI=1S/C18H31N3/c1-4-9-21(13-16-5-6-16)14-18-8-7-17(12-20-18)11-19-10-15(2)3/h7-8,12,15-16,19H,4-6,9-11,13-14H2,1-3H3. The molecule has 0 amide bonds. The molecule has 1 aliphatic carbocycles. The number of nitrogens with zero attached hydrogens (tertiary/aromatic N) is 2. The van der Waals surface area contributed by atoms with Crippen molar-refractivity contribution >= 4 is 0 Å². The Morgan fingerprint density at radius 1 is 1.33 bits per heavy atom. The van der Waals surface area contributed by atoms with Crippen molar-refractivity contribution in [2.45, 2.75) is 53.1 Å². The fourth-order valence-corrected chi connectivity index (χ4v) is 2.60. The van der Waals surface area contributed by atoms with E-state index < -0.39 is 0 Å². The summed E-state index contributed by atoms with van der Waals surface area (Å²) in [6.45, 7) is 12.2. The molecule has 1 saturated carbocycles. The molecule has 1 aromatic rings. The molecule has 0 aliphatic heterocycles. The Morgan fingerprint density at radius 2 is 2.14 bits per heavy atom. The second-order valence-electron chi connectivity index (χ2n) is 6.86. The summed E-state index contributed by atoms with van der Waals surface area (Å²) >= 11 is 0. The van der Waals surface area contributed by atoms with Crippen LogP contribution >= 0.6 is 0 Å². The predicted molar refractivity (Wildman–Crippen MR) is 89.1 cm³/mol. The molecule has 0 unspecified atom stereocenters.